The zero-order chi connectivity index (χ0) is 15.4. The van der Waals surface area contributed by atoms with Gasteiger partial charge in [0, 0.05) is 12.5 Å². The van der Waals surface area contributed by atoms with Crippen molar-refractivity contribution in [1.82, 2.24) is 4.90 Å². The van der Waals surface area contributed by atoms with Crippen molar-refractivity contribution in [2.75, 3.05) is 19.6 Å². The van der Waals surface area contributed by atoms with E-state index in [1.165, 1.54) is 44.2 Å². The first-order chi connectivity index (χ1) is 10.7. The molecule has 1 aromatic rings. The molecule has 0 bridgehead atoms. The van der Waals surface area contributed by atoms with Crippen LogP contribution < -0.4 is 0 Å². The summed E-state index contributed by atoms with van der Waals surface area (Å²) in [7, 11) is 0. The normalized spacial score (nSPS) is 30.9. The lowest BCUT2D eigenvalue weighted by Gasteiger charge is -2.42. The summed E-state index contributed by atoms with van der Waals surface area (Å²) in [5, 5.41) is 11.3. The van der Waals surface area contributed by atoms with Gasteiger partial charge in [-0.05, 0) is 56.5 Å². The smallest absolute Gasteiger partial charge is 0.123 e. The van der Waals surface area contributed by atoms with Gasteiger partial charge in [0.15, 0.2) is 0 Å². The van der Waals surface area contributed by atoms with E-state index in [1.807, 2.05) is 6.07 Å². The Labute approximate surface area is 133 Å². The summed E-state index contributed by atoms with van der Waals surface area (Å²) >= 11 is 0. The Bertz CT molecular complexity index is 484. The van der Waals surface area contributed by atoms with Crippen LogP contribution in [0.25, 0.3) is 0 Å². The Hall–Kier alpha value is -0.930. The standard InChI is InChI=1S/C19H28FNO/c20-18-10-7-9-16(14-18)19(22)11-4-3-8-17(19)15-21-12-5-1-2-6-13-21/h7,9-10,14,17,22H,1-6,8,11-13,15H2. The second-order valence-electron chi connectivity index (χ2n) is 7.09. The van der Waals surface area contributed by atoms with Crippen LogP contribution in [0.5, 0.6) is 0 Å². The molecule has 122 valence electrons. The van der Waals surface area contributed by atoms with E-state index in [4.69, 9.17) is 0 Å². The number of rotatable bonds is 3. The van der Waals surface area contributed by atoms with Gasteiger partial charge in [0.05, 0.1) is 5.60 Å². The zero-order valence-electron chi connectivity index (χ0n) is 13.4. The van der Waals surface area contributed by atoms with E-state index in [0.29, 0.717) is 0 Å². The van der Waals surface area contributed by atoms with Crippen LogP contribution in [-0.4, -0.2) is 29.6 Å². The average molecular weight is 305 g/mol. The fourth-order valence-electron chi connectivity index (χ4n) is 4.24. The molecule has 2 nitrogen and oxygen atoms in total. The second-order valence-corrected chi connectivity index (χ2v) is 7.09. The molecule has 1 saturated carbocycles. The third-order valence-corrected chi connectivity index (χ3v) is 5.54. The fraction of sp³-hybridized carbons (Fsp3) is 0.684. The highest BCUT2D eigenvalue weighted by atomic mass is 19.1. The second kappa shape index (κ2) is 7.10. The maximum absolute atomic E-state index is 13.6. The lowest BCUT2D eigenvalue weighted by atomic mass is 9.71. The molecule has 2 unspecified atom stereocenters. The predicted octanol–water partition coefficient (Wildman–Crippen LogP) is 4.08. The number of nitrogens with zero attached hydrogens (tertiary/aromatic N) is 1. The van der Waals surface area contributed by atoms with Gasteiger partial charge >= 0.3 is 0 Å². The van der Waals surface area contributed by atoms with Gasteiger partial charge in [-0.25, -0.2) is 4.39 Å². The summed E-state index contributed by atoms with van der Waals surface area (Å²) in [6.07, 6.45) is 9.21. The maximum Gasteiger partial charge on any atom is 0.123 e. The van der Waals surface area contributed by atoms with E-state index in [1.54, 1.807) is 6.07 Å². The maximum atomic E-state index is 13.6. The van der Waals surface area contributed by atoms with Crippen molar-refractivity contribution >= 4 is 0 Å². The predicted molar refractivity (Wildman–Crippen MR) is 87.2 cm³/mol. The highest BCUT2D eigenvalue weighted by Crippen LogP contribution is 2.42. The first-order valence-corrected chi connectivity index (χ1v) is 8.89. The Morgan fingerprint density at radius 2 is 1.86 bits per heavy atom. The molecule has 3 heteroatoms. The van der Waals surface area contributed by atoms with E-state index in [9.17, 15) is 9.50 Å². The van der Waals surface area contributed by atoms with Crippen LogP contribution in [0.2, 0.25) is 0 Å². The topological polar surface area (TPSA) is 23.5 Å². The van der Waals surface area contributed by atoms with Crippen LogP contribution in [0.1, 0.15) is 56.9 Å². The lowest BCUT2D eigenvalue weighted by molar-refractivity contribution is -0.0656. The minimum absolute atomic E-state index is 0.223. The van der Waals surface area contributed by atoms with Crippen molar-refractivity contribution in [2.45, 2.75) is 57.0 Å². The average Bonchev–Trinajstić information content (AvgIpc) is 2.78. The Balaban J connectivity index is 1.77. The summed E-state index contributed by atoms with van der Waals surface area (Å²) < 4.78 is 13.6. The lowest BCUT2D eigenvalue weighted by Crippen LogP contribution is -2.44. The Kier molecular flexibility index (Phi) is 5.14. The summed E-state index contributed by atoms with van der Waals surface area (Å²) in [4.78, 5) is 2.52. The van der Waals surface area contributed by atoms with Crippen LogP contribution in [0, 0.1) is 11.7 Å². The monoisotopic (exact) mass is 305 g/mol. The van der Waals surface area contributed by atoms with E-state index >= 15 is 0 Å². The number of benzene rings is 1. The van der Waals surface area contributed by atoms with E-state index < -0.39 is 5.60 Å². The van der Waals surface area contributed by atoms with Crippen molar-refractivity contribution < 1.29 is 9.50 Å². The minimum Gasteiger partial charge on any atom is -0.385 e. The van der Waals surface area contributed by atoms with Gasteiger partial charge in [-0.15, -0.1) is 0 Å². The van der Waals surface area contributed by atoms with E-state index in [0.717, 1.165) is 44.5 Å². The highest BCUT2D eigenvalue weighted by Gasteiger charge is 2.41. The van der Waals surface area contributed by atoms with Gasteiger partial charge < -0.3 is 10.0 Å². The van der Waals surface area contributed by atoms with E-state index in [2.05, 4.69) is 4.90 Å². The number of hydrogen-bond donors (Lipinski definition) is 1. The van der Waals surface area contributed by atoms with Crippen LogP contribution in [0.4, 0.5) is 4.39 Å². The highest BCUT2D eigenvalue weighted by molar-refractivity contribution is 5.25. The molecule has 1 N–H and O–H groups in total. The molecule has 22 heavy (non-hydrogen) atoms. The fourth-order valence-corrected chi connectivity index (χ4v) is 4.24. The van der Waals surface area contributed by atoms with Crippen LogP contribution >= 0.6 is 0 Å². The molecule has 1 saturated heterocycles. The largest absolute Gasteiger partial charge is 0.385 e. The van der Waals surface area contributed by atoms with Gasteiger partial charge in [0.25, 0.3) is 0 Å². The van der Waals surface area contributed by atoms with Gasteiger partial charge in [-0.1, -0.05) is 37.8 Å². The van der Waals surface area contributed by atoms with Crippen molar-refractivity contribution in [3.63, 3.8) is 0 Å². The molecule has 1 aromatic carbocycles. The quantitative estimate of drug-likeness (QED) is 0.909. The third kappa shape index (κ3) is 3.52. The van der Waals surface area contributed by atoms with Crippen molar-refractivity contribution in [2.24, 2.45) is 5.92 Å². The summed E-state index contributed by atoms with van der Waals surface area (Å²) in [6, 6.07) is 6.60. The molecule has 2 fully saturated rings. The molecule has 2 atom stereocenters. The first kappa shape index (κ1) is 15.9. The van der Waals surface area contributed by atoms with E-state index in [-0.39, 0.29) is 11.7 Å². The minimum atomic E-state index is -0.855. The number of hydrogen-bond acceptors (Lipinski definition) is 2. The number of aliphatic hydroxyl groups is 1. The molecule has 1 aliphatic heterocycles. The SMILES string of the molecule is OC1(c2cccc(F)c2)CCCCC1CN1CCCCCC1. The third-order valence-electron chi connectivity index (χ3n) is 5.54. The summed E-state index contributed by atoms with van der Waals surface area (Å²) in [5.74, 6) is -0.0221. The Morgan fingerprint density at radius 3 is 2.59 bits per heavy atom. The summed E-state index contributed by atoms with van der Waals surface area (Å²) in [6.45, 7) is 3.25. The molecule has 0 radical (unpaired) electrons. The first-order valence-electron chi connectivity index (χ1n) is 8.89. The molecule has 0 aromatic heterocycles. The molecule has 1 aliphatic carbocycles. The van der Waals surface area contributed by atoms with Crippen molar-refractivity contribution in [3.05, 3.63) is 35.6 Å². The summed E-state index contributed by atoms with van der Waals surface area (Å²) in [5.41, 5.74) is -0.0841. The van der Waals surface area contributed by atoms with Crippen LogP contribution in [0.3, 0.4) is 0 Å². The number of likely N-dealkylation sites (tertiary alicyclic amines) is 1. The zero-order valence-corrected chi connectivity index (χ0v) is 13.4. The van der Waals surface area contributed by atoms with Gasteiger partial charge in [-0.2, -0.15) is 0 Å². The van der Waals surface area contributed by atoms with Gasteiger partial charge in [0.2, 0.25) is 0 Å². The van der Waals surface area contributed by atoms with Crippen LogP contribution in [-0.2, 0) is 5.60 Å². The molecule has 1 heterocycles. The number of halogens is 1. The molecular formula is C19H28FNO. The Morgan fingerprint density at radius 1 is 1.09 bits per heavy atom. The molecule has 2 aliphatic rings. The van der Waals surface area contributed by atoms with Crippen molar-refractivity contribution in [1.29, 1.82) is 0 Å². The molecule has 3 rings (SSSR count). The molecular weight excluding hydrogens is 277 g/mol. The van der Waals surface area contributed by atoms with Gasteiger partial charge in [-0.3, -0.25) is 0 Å². The molecule has 0 spiro atoms. The molecule has 0 amide bonds. The van der Waals surface area contributed by atoms with Crippen LogP contribution in [0.15, 0.2) is 24.3 Å². The van der Waals surface area contributed by atoms with Crippen molar-refractivity contribution in [3.8, 4) is 0 Å². The van der Waals surface area contributed by atoms with Gasteiger partial charge in [0.1, 0.15) is 5.82 Å².